The van der Waals surface area contributed by atoms with E-state index >= 15 is 0 Å². The molecule has 1 heterocycles. The molecule has 1 amide bonds. The van der Waals surface area contributed by atoms with Gasteiger partial charge in [0.1, 0.15) is 10.0 Å². The predicted octanol–water partition coefficient (Wildman–Crippen LogP) is 5.05. The average molecular weight is 358 g/mol. The first-order chi connectivity index (χ1) is 11.5. The Morgan fingerprint density at radius 3 is 2.20 bits per heavy atom. The molecule has 2 rings (SSSR count). The molecule has 1 aromatic heterocycles. The van der Waals surface area contributed by atoms with Crippen molar-refractivity contribution >= 4 is 34.4 Å². The summed E-state index contributed by atoms with van der Waals surface area (Å²) in [6.45, 7) is 12.1. The summed E-state index contributed by atoms with van der Waals surface area (Å²) < 4.78 is 0. The summed E-state index contributed by atoms with van der Waals surface area (Å²) in [5.74, 6) is -0.158. The number of rotatable bonds is 4. The van der Waals surface area contributed by atoms with Gasteiger partial charge in [0.2, 0.25) is 0 Å². The molecule has 2 aromatic rings. The van der Waals surface area contributed by atoms with Gasteiger partial charge in [0.25, 0.3) is 5.91 Å². The van der Waals surface area contributed by atoms with E-state index in [0.717, 1.165) is 15.6 Å². The number of anilines is 1. The van der Waals surface area contributed by atoms with Gasteiger partial charge in [-0.15, -0.1) is 0 Å². The molecular weight excluding hydrogens is 330 g/mol. The second-order valence-corrected chi connectivity index (χ2v) is 9.08. The van der Waals surface area contributed by atoms with Gasteiger partial charge in [-0.25, -0.2) is 4.98 Å². The monoisotopic (exact) mass is 357 g/mol. The van der Waals surface area contributed by atoms with E-state index in [0.29, 0.717) is 5.69 Å². The molecule has 0 aliphatic heterocycles. The third kappa shape index (κ3) is 6.35. The summed E-state index contributed by atoms with van der Waals surface area (Å²) >= 11 is 1.49. The van der Waals surface area contributed by atoms with Gasteiger partial charge in [-0.05, 0) is 53.2 Å². The van der Waals surface area contributed by atoms with Crippen LogP contribution in [0.5, 0.6) is 0 Å². The van der Waals surface area contributed by atoms with Crippen LogP contribution in [0.2, 0.25) is 0 Å². The fraction of sp³-hybridized carbons (Fsp3) is 0.400. The van der Waals surface area contributed by atoms with Gasteiger partial charge in [0, 0.05) is 11.1 Å². The molecule has 134 valence electrons. The quantitative estimate of drug-likeness (QED) is 0.805. The summed E-state index contributed by atoms with van der Waals surface area (Å²) in [7, 11) is 0. The van der Waals surface area contributed by atoms with Crippen LogP contribution >= 0.6 is 11.3 Å². The van der Waals surface area contributed by atoms with Crippen LogP contribution in [0.3, 0.4) is 0 Å². The highest BCUT2D eigenvalue weighted by Gasteiger charge is 2.24. The molecule has 0 aliphatic rings. The Morgan fingerprint density at radius 2 is 1.64 bits per heavy atom. The maximum absolute atomic E-state index is 12.6. The third-order valence-corrected chi connectivity index (χ3v) is 3.99. The van der Waals surface area contributed by atoms with E-state index in [1.165, 1.54) is 11.3 Å². The molecule has 0 fully saturated rings. The number of nitrogens with zero attached hydrogens (tertiary/aromatic N) is 1. The number of carbonyl (C=O) groups is 1. The molecule has 0 radical (unpaired) electrons. The minimum atomic E-state index is -0.306. The molecule has 4 nitrogen and oxygen atoms in total. The molecule has 5 heteroatoms. The number of hydrogen-bond donors (Lipinski definition) is 2. The first kappa shape index (κ1) is 19.2. The SMILES string of the molecule is CC(C)(C)NC(=O)c1nc(/C=C/c2ccccc2)sc1NC(C)(C)C. The molecule has 0 bridgehead atoms. The average Bonchev–Trinajstić information content (AvgIpc) is 2.85. The Morgan fingerprint density at radius 1 is 1.00 bits per heavy atom. The van der Waals surface area contributed by atoms with Crippen LogP contribution in [0.4, 0.5) is 5.00 Å². The zero-order valence-electron chi connectivity index (χ0n) is 15.8. The molecule has 0 unspecified atom stereocenters. The van der Waals surface area contributed by atoms with Gasteiger partial charge >= 0.3 is 0 Å². The Bertz CT molecular complexity index is 749. The summed E-state index contributed by atoms with van der Waals surface area (Å²) in [5.41, 5.74) is 1.09. The van der Waals surface area contributed by atoms with E-state index in [1.54, 1.807) is 0 Å². The van der Waals surface area contributed by atoms with Crippen LogP contribution in [-0.4, -0.2) is 22.0 Å². The Kier molecular flexibility index (Phi) is 5.68. The fourth-order valence-electron chi connectivity index (χ4n) is 2.12. The van der Waals surface area contributed by atoms with Crippen molar-refractivity contribution in [2.45, 2.75) is 52.6 Å². The van der Waals surface area contributed by atoms with Crippen LogP contribution < -0.4 is 10.6 Å². The first-order valence-corrected chi connectivity index (χ1v) is 9.20. The number of hydrogen-bond acceptors (Lipinski definition) is 4. The molecular formula is C20H27N3OS. The lowest BCUT2D eigenvalue weighted by Crippen LogP contribution is -2.41. The van der Waals surface area contributed by atoms with Crippen LogP contribution in [0.15, 0.2) is 30.3 Å². The van der Waals surface area contributed by atoms with Gasteiger partial charge in [0.05, 0.1) is 0 Å². The number of nitrogens with one attached hydrogen (secondary N) is 2. The first-order valence-electron chi connectivity index (χ1n) is 8.38. The van der Waals surface area contributed by atoms with Crippen molar-refractivity contribution in [3.63, 3.8) is 0 Å². The van der Waals surface area contributed by atoms with Crippen LogP contribution in [0.25, 0.3) is 12.2 Å². The summed E-state index contributed by atoms with van der Waals surface area (Å²) in [6, 6.07) is 10.0. The third-order valence-electron chi connectivity index (χ3n) is 3.05. The van der Waals surface area contributed by atoms with Crippen molar-refractivity contribution < 1.29 is 4.79 Å². The fourth-order valence-corrected chi connectivity index (χ4v) is 3.19. The number of carbonyl (C=O) groups excluding carboxylic acids is 1. The highest BCUT2D eigenvalue weighted by Crippen LogP contribution is 2.29. The second kappa shape index (κ2) is 7.40. The molecule has 0 saturated heterocycles. The van der Waals surface area contributed by atoms with Gasteiger partial charge in [-0.3, -0.25) is 4.79 Å². The van der Waals surface area contributed by atoms with E-state index in [4.69, 9.17) is 0 Å². The van der Waals surface area contributed by atoms with Crippen molar-refractivity contribution in [2.24, 2.45) is 0 Å². The van der Waals surface area contributed by atoms with Gasteiger partial charge in [0.15, 0.2) is 5.69 Å². The van der Waals surface area contributed by atoms with E-state index in [2.05, 4.69) is 36.4 Å². The minimum absolute atomic E-state index is 0.149. The topological polar surface area (TPSA) is 54.0 Å². The summed E-state index contributed by atoms with van der Waals surface area (Å²) in [4.78, 5) is 17.2. The maximum atomic E-state index is 12.6. The van der Waals surface area contributed by atoms with E-state index in [-0.39, 0.29) is 17.0 Å². The van der Waals surface area contributed by atoms with Crippen LogP contribution in [0, 0.1) is 0 Å². The van der Waals surface area contributed by atoms with Gasteiger partial charge < -0.3 is 10.6 Å². The van der Waals surface area contributed by atoms with Gasteiger partial charge in [-0.1, -0.05) is 47.7 Å². The predicted molar refractivity (Wildman–Crippen MR) is 108 cm³/mol. The van der Waals surface area contributed by atoms with Crippen molar-refractivity contribution in [1.82, 2.24) is 10.3 Å². The smallest absolute Gasteiger partial charge is 0.273 e. The Balaban J connectivity index is 2.31. The molecule has 0 spiro atoms. The van der Waals surface area contributed by atoms with E-state index in [1.807, 2.05) is 63.3 Å². The molecule has 0 aliphatic carbocycles. The number of aromatic nitrogens is 1. The highest BCUT2D eigenvalue weighted by atomic mass is 32.1. The molecule has 25 heavy (non-hydrogen) atoms. The van der Waals surface area contributed by atoms with Crippen LogP contribution in [-0.2, 0) is 0 Å². The van der Waals surface area contributed by atoms with E-state index in [9.17, 15) is 4.79 Å². The standard InChI is InChI=1S/C20H27N3OS/c1-19(2,3)22-17(24)16-18(23-20(4,5)6)25-15(21-16)13-12-14-10-8-7-9-11-14/h7-13,23H,1-6H3,(H,22,24)/b13-12+. The zero-order chi connectivity index (χ0) is 18.7. The highest BCUT2D eigenvalue weighted by molar-refractivity contribution is 7.17. The lowest BCUT2D eigenvalue weighted by molar-refractivity contribution is 0.0916. The normalized spacial score (nSPS) is 12.4. The number of benzene rings is 1. The van der Waals surface area contributed by atoms with Crippen molar-refractivity contribution in [2.75, 3.05) is 5.32 Å². The number of amides is 1. The van der Waals surface area contributed by atoms with Crippen molar-refractivity contribution in [1.29, 1.82) is 0 Å². The molecule has 0 saturated carbocycles. The lowest BCUT2D eigenvalue weighted by atomic mass is 10.1. The van der Waals surface area contributed by atoms with Crippen molar-refractivity contribution in [3.05, 3.63) is 46.6 Å². The summed E-state index contributed by atoms with van der Waals surface area (Å²) in [6.07, 6.45) is 3.95. The second-order valence-electron chi connectivity index (χ2n) is 8.05. The zero-order valence-corrected chi connectivity index (χ0v) is 16.6. The molecule has 1 aromatic carbocycles. The minimum Gasteiger partial charge on any atom is -0.370 e. The largest absolute Gasteiger partial charge is 0.370 e. The van der Waals surface area contributed by atoms with E-state index < -0.39 is 0 Å². The Labute approximate surface area is 154 Å². The summed E-state index contributed by atoms with van der Waals surface area (Å²) in [5, 5.41) is 7.98. The number of thiazole rings is 1. The van der Waals surface area contributed by atoms with Gasteiger partial charge in [-0.2, -0.15) is 0 Å². The maximum Gasteiger partial charge on any atom is 0.273 e. The van der Waals surface area contributed by atoms with Crippen LogP contribution in [0.1, 0.15) is 62.6 Å². The van der Waals surface area contributed by atoms with Crippen molar-refractivity contribution in [3.8, 4) is 0 Å². The molecule has 0 atom stereocenters. The lowest BCUT2D eigenvalue weighted by Gasteiger charge is -2.23. The Hall–Kier alpha value is -2.14. The molecule has 2 N–H and O–H groups in total.